The van der Waals surface area contributed by atoms with E-state index in [1.54, 1.807) is 17.8 Å². The highest BCUT2D eigenvalue weighted by Gasteiger charge is 2.35. The first-order valence-electron chi connectivity index (χ1n) is 8.86. The van der Waals surface area contributed by atoms with E-state index in [9.17, 15) is 13.2 Å². The van der Waals surface area contributed by atoms with Gasteiger partial charge in [-0.1, -0.05) is 0 Å². The molecule has 0 atom stereocenters. The normalized spacial score (nSPS) is 14.8. The van der Waals surface area contributed by atoms with Gasteiger partial charge in [0.1, 0.15) is 17.5 Å². The lowest BCUT2D eigenvalue weighted by Gasteiger charge is -2.10. The Morgan fingerprint density at radius 3 is 2.57 bits per heavy atom. The summed E-state index contributed by atoms with van der Waals surface area (Å²) in [6.45, 7) is 1.86. The van der Waals surface area contributed by atoms with Crippen molar-refractivity contribution < 1.29 is 13.2 Å². The minimum Gasteiger partial charge on any atom is -0.340 e. The highest BCUT2D eigenvalue weighted by molar-refractivity contribution is 5.52. The molecule has 4 heterocycles. The molecule has 1 aliphatic heterocycles. The Morgan fingerprint density at radius 2 is 1.89 bits per heavy atom. The Kier molecular flexibility index (Phi) is 4.41. The predicted octanol–water partition coefficient (Wildman–Crippen LogP) is 2.13. The lowest BCUT2D eigenvalue weighted by atomic mass is 10.2. The summed E-state index contributed by atoms with van der Waals surface area (Å²) in [7, 11) is 1.79. The van der Waals surface area contributed by atoms with Crippen molar-refractivity contribution in [1.82, 2.24) is 29.4 Å². The highest BCUT2D eigenvalue weighted by atomic mass is 19.4. The van der Waals surface area contributed by atoms with Crippen LogP contribution in [-0.2, 0) is 26.1 Å². The van der Waals surface area contributed by atoms with E-state index in [2.05, 4.69) is 25.1 Å². The molecule has 0 spiro atoms. The van der Waals surface area contributed by atoms with Gasteiger partial charge in [0.05, 0.1) is 5.56 Å². The molecule has 4 rings (SSSR count). The molecule has 0 saturated carbocycles. The van der Waals surface area contributed by atoms with Crippen molar-refractivity contribution in [2.24, 2.45) is 7.05 Å². The van der Waals surface area contributed by atoms with Crippen LogP contribution in [-0.4, -0.2) is 42.5 Å². The fourth-order valence-electron chi connectivity index (χ4n) is 3.30. The van der Waals surface area contributed by atoms with Gasteiger partial charge >= 0.3 is 6.18 Å². The largest absolute Gasteiger partial charge is 0.420 e. The number of fused-ring (bicyclic) bond motifs is 1. The number of hydrogen-bond donors (Lipinski definition) is 0. The van der Waals surface area contributed by atoms with Gasteiger partial charge in [-0.05, 0) is 18.9 Å². The molecule has 0 unspecified atom stereocenters. The molecule has 0 bridgehead atoms. The lowest BCUT2D eigenvalue weighted by molar-refractivity contribution is -0.136. The average molecular weight is 390 g/mol. The van der Waals surface area contributed by atoms with Gasteiger partial charge in [-0.25, -0.2) is 9.50 Å². The Balaban J connectivity index is 1.58. The molecule has 3 aromatic heterocycles. The molecular formula is C17H17F3N8. The Bertz CT molecular complexity index is 1050. The fourth-order valence-corrected chi connectivity index (χ4v) is 3.30. The lowest BCUT2D eigenvalue weighted by Crippen LogP contribution is -2.19. The number of pyridine rings is 1. The Labute approximate surface area is 158 Å². The van der Waals surface area contributed by atoms with Gasteiger partial charge < -0.3 is 4.90 Å². The standard InChI is InChI=1S/C17H17F3N8/c1-26-14(23-16(25-26)27-6-2-3-7-27)5-4-13-22-15-12(17(18,19)20)8-11(9-21)10-28(15)24-13/h8,10H,2-7H2,1H3. The van der Waals surface area contributed by atoms with Crippen molar-refractivity contribution in [2.75, 3.05) is 18.0 Å². The molecule has 146 valence electrons. The second-order valence-electron chi connectivity index (χ2n) is 6.69. The van der Waals surface area contributed by atoms with E-state index in [1.807, 2.05) is 0 Å². The number of halogens is 3. The van der Waals surface area contributed by atoms with Crippen molar-refractivity contribution in [3.05, 3.63) is 35.0 Å². The van der Waals surface area contributed by atoms with Crippen LogP contribution in [0.1, 0.15) is 35.6 Å². The van der Waals surface area contributed by atoms with Gasteiger partial charge in [0.2, 0.25) is 5.95 Å². The molecule has 0 aromatic carbocycles. The number of aryl methyl sites for hydroxylation is 3. The van der Waals surface area contributed by atoms with E-state index in [0.717, 1.165) is 42.3 Å². The van der Waals surface area contributed by atoms with E-state index >= 15 is 0 Å². The van der Waals surface area contributed by atoms with Gasteiger partial charge in [-0.3, -0.25) is 4.68 Å². The molecule has 11 heteroatoms. The molecule has 28 heavy (non-hydrogen) atoms. The third-order valence-corrected chi connectivity index (χ3v) is 4.71. The van der Waals surface area contributed by atoms with Crippen molar-refractivity contribution in [3.8, 4) is 6.07 Å². The number of rotatable bonds is 4. The highest BCUT2D eigenvalue weighted by Crippen LogP contribution is 2.32. The minimum atomic E-state index is -4.62. The first-order chi connectivity index (χ1) is 13.3. The van der Waals surface area contributed by atoms with Crippen LogP contribution in [0.25, 0.3) is 5.65 Å². The maximum atomic E-state index is 13.3. The van der Waals surface area contributed by atoms with E-state index in [0.29, 0.717) is 18.8 Å². The van der Waals surface area contributed by atoms with Crippen LogP contribution >= 0.6 is 0 Å². The Hall–Kier alpha value is -3.16. The van der Waals surface area contributed by atoms with Crippen molar-refractivity contribution in [3.63, 3.8) is 0 Å². The predicted molar refractivity (Wildman–Crippen MR) is 92.6 cm³/mol. The van der Waals surface area contributed by atoms with Crippen LogP contribution in [0.15, 0.2) is 12.3 Å². The van der Waals surface area contributed by atoms with Gasteiger partial charge in [-0.2, -0.15) is 28.5 Å². The minimum absolute atomic E-state index is 0.125. The average Bonchev–Trinajstić information content (AvgIpc) is 3.37. The van der Waals surface area contributed by atoms with Crippen LogP contribution in [0.5, 0.6) is 0 Å². The molecule has 1 fully saturated rings. The van der Waals surface area contributed by atoms with Gasteiger partial charge in [0, 0.05) is 39.2 Å². The zero-order valence-electron chi connectivity index (χ0n) is 15.1. The van der Waals surface area contributed by atoms with Crippen LogP contribution < -0.4 is 4.90 Å². The zero-order valence-corrected chi connectivity index (χ0v) is 15.1. The van der Waals surface area contributed by atoms with Crippen LogP contribution in [0.3, 0.4) is 0 Å². The summed E-state index contributed by atoms with van der Waals surface area (Å²) in [5.41, 5.74) is -1.41. The molecule has 0 aliphatic carbocycles. The maximum Gasteiger partial charge on any atom is 0.420 e. The number of nitrogens with zero attached hydrogens (tertiary/aromatic N) is 8. The van der Waals surface area contributed by atoms with E-state index in [1.165, 1.54) is 6.20 Å². The summed E-state index contributed by atoms with van der Waals surface area (Å²) in [6, 6.07) is 2.51. The SMILES string of the molecule is Cn1nc(N2CCCC2)nc1CCc1nc2c(C(F)(F)F)cc(C#N)cn2n1. The zero-order chi connectivity index (χ0) is 19.9. The summed E-state index contributed by atoms with van der Waals surface area (Å²) in [4.78, 5) is 10.7. The molecule has 0 radical (unpaired) electrons. The Morgan fingerprint density at radius 1 is 1.14 bits per heavy atom. The molecule has 1 saturated heterocycles. The molecule has 0 amide bonds. The number of anilines is 1. The molecule has 1 aliphatic rings. The van der Waals surface area contributed by atoms with E-state index in [4.69, 9.17) is 5.26 Å². The smallest absolute Gasteiger partial charge is 0.340 e. The fraction of sp³-hybridized carbons (Fsp3) is 0.471. The van der Waals surface area contributed by atoms with Gasteiger partial charge in [0.15, 0.2) is 11.5 Å². The molecule has 3 aromatic rings. The van der Waals surface area contributed by atoms with Crippen LogP contribution in [0.2, 0.25) is 0 Å². The van der Waals surface area contributed by atoms with Crippen molar-refractivity contribution >= 4 is 11.6 Å². The monoisotopic (exact) mass is 390 g/mol. The summed E-state index contributed by atoms with van der Waals surface area (Å²) in [5.74, 6) is 1.65. The van der Waals surface area contributed by atoms with Gasteiger partial charge in [-0.15, -0.1) is 5.10 Å². The number of aromatic nitrogens is 6. The second-order valence-corrected chi connectivity index (χ2v) is 6.69. The van der Waals surface area contributed by atoms with E-state index in [-0.39, 0.29) is 17.0 Å². The van der Waals surface area contributed by atoms with Gasteiger partial charge in [0.25, 0.3) is 0 Å². The summed E-state index contributed by atoms with van der Waals surface area (Å²) >= 11 is 0. The van der Waals surface area contributed by atoms with Crippen molar-refractivity contribution in [2.45, 2.75) is 31.9 Å². The number of hydrogen-bond acceptors (Lipinski definition) is 6. The summed E-state index contributed by atoms with van der Waals surface area (Å²) in [5, 5.41) is 17.5. The van der Waals surface area contributed by atoms with Crippen LogP contribution in [0, 0.1) is 11.3 Å². The second kappa shape index (κ2) is 6.78. The maximum absolute atomic E-state index is 13.3. The topological polar surface area (TPSA) is 87.9 Å². The molecule has 8 nitrogen and oxygen atoms in total. The first-order valence-corrected chi connectivity index (χ1v) is 8.86. The number of nitriles is 1. The first kappa shape index (κ1) is 18.2. The molecule has 0 N–H and O–H groups in total. The third-order valence-electron chi connectivity index (χ3n) is 4.71. The van der Waals surface area contributed by atoms with Crippen molar-refractivity contribution in [1.29, 1.82) is 5.26 Å². The number of alkyl halides is 3. The van der Waals surface area contributed by atoms with Crippen LogP contribution in [0.4, 0.5) is 19.1 Å². The quantitative estimate of drug-likeness (QED) is 0.678. The summed E-state index contributed by atoms with van der Waals surface area (Å²) in [6.07, 6.45) is -0.384. The van der Waals surface area contributed by atoms with E-state index < -0.39 is 11.7 Å². The molecular weight excluding hydrogens is 373 g/mol. The summed E-state index contributed by atoms with van der Waals surface area (Å²) < 4.78 is 42.5. The third kappa shape index (κ3) is 3.37.